The Morgan fingerprint density at radius 3 is 2.36 bits per heavy atom. The van der Waals surface area contributed by atoms with Crippen molar-refractivity contribution >= 4 is 40.4 Å². The number of guanidine groups is 1. The summed E-state index contributed by atoms with van der Waals surface area (Å²) in [6.07, 6.45) is 0.148. The number of hydrogen-bond acceptors (Lipinski definition) is 5. The van der Waals surface area contributed by atoms with Crippen molar-refractivity contribution < 1.29 is 24.2 Å². The molecule has 0 aliphatic carbocycles. The summed E-state index contributed by atoms with van der Waals surface area (Å²) in [6, 6.07) is 20.6. The van der Waals surface area contributed by atoms with E-state index in [0.29, 0.717) is 22.2 Å². The van der Waals surface area contributed by atoms with Crippen LogP contribution in [0.3, 0.4) is 0 Å². The number of ether oxygens (including phenoxy) is 1. The SMILES string of the molecule is NC(N)=Nc1ccc(C(=O)Oc2ccc3cc(C(=O)N[C@@H](Cc4ccccc4)C(=O)O)[nH]c3c2)cc1. The Hall–Kier alpha value is -5.12. The molecular weight excluding hydrogens is 462 g/mol. The van der Waals surface area contributed by atoms with Gasteiger partial charge in [0.1, 0.15) is 17.5 Å². The predicted molar refractivity (Wildman–Crippen MR) is 134 cm³/mol. The Kier molecular flexibility index (Phi) is 6.96. The molecular formula is C26H23N5O5. The van der Waals surface area contributed by atoms with Crippen molar-refractivity contribution in [3.05, 3.63) is 95.7 Å². The van der Waals surface area contributed by atoms with E-state index in [1.54, 1.807) is 60.7 Å². The molecule has 0 spiro atoms. The van der Waals surface area contributed by atoms with Crippen LogP contribution in [-0.2, 0) is 11.2 Å². The Morgan fingerprint density at radius 2 is 1.69 bits per heavy atom. The highest BCUT2D eigenvalue weighted by molar-refractivity contribution is 6.00. The molecule has 0 aliphatic rings. The first-order valence-electron chi connectivity index (χ1n) is 10.9. The Balaban J connectivity index is 1.45. The van der Waals surface area contributed by atoms with Gasteiger partial charge in [0.2, 0.25) is 0 Å². The molecule has 0 saturated heterocycles. The number of fused-ring (bicyclic) bond motifs is 1. The lowest BCUT2D eigenvalue weighted by molar-refractivity contribution is -0.139. The van der Waals surface area contributed by atoms with Crippen LogP contribution in [0, 0.1) is 0 Å². The van der Waals surface area contributed by atoms with E-state index in [1.807, 2.05) is 6.07 Å². The van der Waals surface area contributed by atoms with Crippen LogP contribution in [0.15, 0.2) is 83.9 Å². The lowest BCUT2D eigenvalue weighted by Crippen LogP contribution is -2.42. The van der Waals surface area contributed by atoms with Gasteiger partial charge in [0.25, 0.3) is 5.91 Å². The number of aromatic amines is 1. The zero-order valence-electron chi connectivity index (χ0n) is 19.0. The molecule has 7 N–H and O–H groups in total. The minimum absolute atomic E-state index is 0.0905. The van der Waals surface area contributed by atoms with Crippen LogP contribution in [0.1, 0.15) is 26.4 Å². The van der Waals surface area contributed by atoms with Crippen LogP contribution < -0.4 is 21.5 Å². The zero-order valence-corrected chi connectivity index (χ0v) is 19.0. The fraction of sp³-hybridized carbons (Fsp3) is 0.0769. The number of H-pyrrole nitrogens is 1. The molecule has 4 aromatic rings. The normalized spacial score (nSPS) is 11.4. The van der Waals surface area contributed by atoms with Gasteiger partial charge >= 0.3 is 11.9 Å². The standard InChI is InChI=1S/C26H23N5O5/c27-26(28)29-18-9-6-16(7-10-18)25(35)36-19-11-8-17-13-21(30-20(17)14-19)23(32)31-22(24(33)34)12-15-4-2-1-3-5-15/h1-11,13-14,22,30H,12H2,(H,31,32)(H,33,34)(H4,27,28,29)/t22-/m0/s1. The first kappa shape index (κ1) is 24.0. The van der Waals surface area contributed by atoms with E-state index in [9.17, 15) is 19.5 Å². The van der Waals surface area contributed by atoms with E-state index in [0.717, 1.165) is 5.56 Å². The Morgan fingerprint density at radius 1 is 0.972 bits per heavy atom. The van der Waals surface area contributed by atoms with Gasteiger partial charge in [0.15, 0.2) is 5.96 Å². The number of nitrogens with two attached hydrogens (primary N) is 2. The number of carbonyl (C=O) groups excluding carboxylic acids is 2. The van der Waals surface area contributed by atoms with Crippen LogP contribution in [0.5, 0.6) is 5.75 Å². The van der Waals surface area contributed by atoms with E-state index in [2.05, 4.69) is 15.3 Å². The topological polar surface area (TPSA) is 173 Å². The van der Waals surface area contributed by atoms with Gasteiger partial charge in [-0.1, -0.05) is 30.3 Å². The quantitative estimate of drug-likeness (QED) is 0.110. The number of carboxylic acids is 1. The molecule has 1 aromatic heterocycles. The highest BCUT2D eigenvalue weighted by atomic mass is 16.5. The number of esters is 1. The second kappa shape index (κ2) is 10.4. The summed E-state index contributed by atoms with van der Waals surface area (Å²) in [7, 11) is 0. The van der Waals surface area contributed by atoms with E-state index in [-0.39, 0.29) is 23.8 Å². The molecule has 1 heterocycles. The second-order valence-corrected chi connectivity index (χ2v) is 7.96. The molecule has 0 saturated carbocycles. The molecule has 0 aliphatic heterocycles. The van der Waals surface area contributed by atoms with Gasteiger partial charge < -0.3 is 31.6 Å². The maximum Gasteiger partial charge on any atom is 0.343 e. The minimum Gasteiger partial charge on any atom is -0.480 e. The molecule has 10 nitrogen and oxygen atoms in total. The van der Waals surface area contributed by atoms with Crippen LogP contribution in [0.4, 0.5) is 5.69 Å². The van der Waals surface area contributed by atoms with Gasteiger partial charge in [-0.15, -0.1) is 0 Å². The number of rotatable bonds is 8. The summed E-state index contributed by atoms with van der Waals surface area (Å²) in [5.74, 6) is -2.10. The van der Waals surface area contributed by atoms with Crippen LogP contribution in [0.25, 0.3) is 10.9 Å². The van der Waals surface area contributed by atoms with Crippen molar-refractivity contribution in [2.75, 3.05) is 0 Å². The number of benzene rings is 3. The summed E-state index contributed by atoms with van der Waals surface area (Å²) in [6.45, 7) is 0. The second-order valence-electron chi connectivity index (χ2n) is 7.96. The summed E-state index contributed by atoms with van der Waals surface area (Å²) in [5.41, 5.74) is 13.0. The van der Waals surface area contributed by atoms with E-state index in [4.69, 9.17) is 16.2 Å². The molecule has 10 heteroatoms. The smallest absolute Gasteiger partial charge is 0.343 e. The number of aliphatic imine (C=N–C) groups is 1. The first-order chi connectivity index (χ1) is 17.3. The van der Waals surface area contributed by atoms with Gasteiger partial charge in [-0.05, 0) is 48.0 Å². The third kappa shape index (κ3) is 5.86. The molecule has 1 amide bonds. The molecule has 182 valence electrons. The fourth-order valence-corrected chi connectivity index (χ4v) is 3.56. The van der Waals surface area contributed by atoms with Crippen molar-refractivity contribution in [2.24, 2.45) is 16.5 Å². The average Bonchev–Trinajstić information content (AvgIpc) is 3.28. The predicted octanol–water partition coefficient (Wildman–Crippen LogP) is 2.72. The molecule has 4 rings (SSSR count). The van der Waals surface area contributed by atoms with Crippen molar-refractivity contribution in [3.63, 3.8) is 0 Å². The van der Waals surface area contributed by atoms with Crippen molar-refractivity contribution in [3.8, 4) is 5.75 Å². The highest BCUT2D eigenvalue weighted by Gasteiger charge is 2.22. The third-order valence-corrected chi connectivity index (χ3v) is 5.30. The molecule has 36 heavy (non-hydrogen) atoms. The molecule has 0 bridgehead atoms. The Labute approximate surface area is 205 Å². The summed E-state index contributed by atoms with van der Waals surface area (Å²) in [4.78, 5) is 43.8. The number of nitrogens with one attached hydrogen (secondary N) is 2. The summed E-state index contributed by atoms with van der Waals surface area (Å²) >= 11 is 0. The highest BCUT2D eigenvalue weighted by Crippen LogP contribution is 2.23. The number of nitrogens with zero attached hydrogens (tertiary/aromatic N) is 1. The maximum absolute atomic E-state index is 12.7. The van der Waals surface area contributed by atoms with E-state index >= 15 is 0 Å². The minimum atomic E-state index is -1.14. The van der Waals surface area contributed by atoms with Gasteiger partial charge in [-0.25, -0.2) is 14.6 Å². The van der Waals surface area contributed by atoms with Crippen LogP contribution >= 0.6 is 0 Å². The number of amides is 1. The zero-order chi connectivity index (χ0) is 25.7. The lowest BCUT2D eigenvalue weighted by Gasteiger charge is -2.14. The van der Waals surface area contributed by atoms with Crippen molar-refractivity contribution in [2.45, 2.75) is 12.5 Å². The van der Waals surface area contributed by atoms with Gasteiger partial charge in [-0.3, -0.25) is 4.79 Å². The molecule has 1 atom stereocenters. The van der Waals surface area contributed by atoms with Crippen molar-refractivity contribution in [1.82, 2.24) is 10.3 Å². The van der Waals surface area contributed by atoms with Gasteiger partial charge in [0, 0.05) is 23.4 Å². The number of aromatic nitrogens is 1. The molecule has 0 radical (unpaired) electrons. The van der Waals surface area contributed by atoms with E-state index < -0.39 is 23.9 Å². The van der Waals surface area contributed by atoms with Gasteiger partial charge in [0.05, 0.1) is 11.3 Å². The van der Waals surface area contributed by atoms with Crippen LogP contribution in [0.2, 0.25) is 0 Å². The fourth-order valence-electron chi connectivity index (χ4n) is 3.56. The number of carboxylic acid groups (broad SMARTS) is 1. The van der Waals surface area contributed by atoms with E-state index in [1.165, 1.54) is 12.1 Å². The first-order valence-corrected chi connectivity index (χ1v) is 10.9. The number of aliphatic carboxylic acids is 1. The largest absolute Gasteiger partial charge is 0.480 e. The van der Waals surface area contributed by atoms with Crippen LogP contribution in [-0.4, -0.2) is 39.9 Å². The Bertz CT molecular complexity index is 1440. The number of carbonyl (C=O) groups is 3. The number of hydrogen-bond donors (Lipinski definition) is 5. The summed E-state index contributed by atoms with van der Waals surface area (Å²) < 4.78 is 5.44. The lowest BCUT2D eigenvalue weighted by atomic mass is 10.1. The van der Waals surface area contributed by atoms with Crippen molar-refractivity contribution in [1.29, 1.82) is 0 Å². The third-order valence-electron chi connectivity index (χ3n) is 5.30. The maximum atomic E-state index is 12.7. The average molecular weight is 486 g/mol. The molecule has 0 fully saturated rings. The summed E-state index contributed by atoms with van der Waals surface area (Å²) in [5, 5.41) is 12.8. The molecule has 3 aromatic carbocycles. The molecule has 0 unspecified atom stereocenters. The monoisotopic (exact) mass is 485 g/mol. The van der Waals surface area contributed by atoms with Gasteiger partial charge in [-0.2, -0.15) is 0 Å².